The number of aromatic amines is 1. The summed E-state index contributed by atoms with van der Waals surface area (Å²) < 4.78 is 6.16. The number of allylic oxidation sites excluding steroid dienone is 2. The van der Waals surface area contributed by atoms with Gasteiger partial charge in [0.05, 0.1) is 12.1 Å². The van der Waals surface area contributed by atoms with E-state index < -0.39 is 5.97 Å². The summed E-state index contributed by atoms with van der Waals surface area (Å²) in [6.45, 7) is 0.536. The Morgan fingerprint density at radius 1 is 0.895 bits per heavy atom. The molecular weight excluding hydrogens is 470 g/mol. The Morgan fingerprint density at radius 2 is 1.68 bits per heavy atom. The van der Waals surface area contributed by atoms with Crippen LogP contribution < -0.4 is 4.74 Å². The van der Waals surface area contributed by atoms with Gasteiger partial charge in [0.25, 0.3) is 0 Å². The Morgan fingerprint density at radius 3 is 2.55 bits per heavy atom. The van der Waals surface area contributed by atoms with Crippen molar-refractivity contribution in [2.24, 2.45) is 11.8 Å². The minimum absolute atomic E-state index is 0.322. The highest BCUT2D eigenvalue weighted by molar-refractivity contribution is 6.01. The fourth-order valence-corrected chi connectivity index (χ4v) is 6.95. The van der Waals surface area contributed by atoms with Crippen molar-refractivity contribution >= 4 is 33.2 Å². The number of benzene rings is 3. The summed E-state index contributed by atoms with van der Waals surface area (Å²) in [5, 5.41) is 13.4. The summed E-state index contributed by atoms with van der Waals surface area (Å²) in [6, 6.07) is 20.7. The first-order valence-corrected chi connectivity index (χ1v) is 14.4. The number of hydrogen-bond donors (Lipinski definition) is 2. The smallest absolute Gasteiger partial charge is 0.352 e. The van der Waals surface area contributed by atoms with Gasteiger partial charge in [-0.25, -0.2) is 4.79 Å². The third-order valence-corrected chi connectivity index (χ3v) is 8.75. The number of carbonyl (C=O) groups is 1. The second-order valence-corrected chi connectivity index (χ2v) is 11.0. The van der Waals surface area contributed by atoms with Crippen molar-refractivity contribution in [2.75, 3.05) is 6.61 Å². The van der Waals surface area contributed by atoms with Crippen molar-refractivity contribution < 1.29 is 14.6 Å². The molecule has 0 bridgehead atoms. The van der Waals surface area contributed by atoms with E-state index in [2.05, 4.69) is 47.5 Å². The lowest BCUT2D eigenvalue weighted by Crippen LogP contribution is -2.21. The Balaban J connectivity index is 1.26. The van der Waals surface area contributed by atoms with E-state index in [1.165, 1.54) is 56.1 Å². The van der Waals surface area contributed by atoms with Gasteiger partial charge in [-0.3, -0.25) is 0 Å². The van der Waals surface area contributed by atoms with Crippen molar-refractivity contribution in [3.05, 3.63) is 83.6 Å². The number of nitrogens with one attached hydrogen (secondary N) is 1. The SMILES string of the molecule is O=C(O)c1[nH]c2c(C3=CCCC[C@@H]3C3CCCCC3)cccc2c1CCCOc1cccc2ccccc12. The first kappa shape index (κ1) is 24.8. The van der Waals surface area contributed by atoms with Gasteiger partial charge in [-0.15, -0.1) is 0 Å². The zero-order valence-corrected chi connectivity index (χ0v) is 22.0. The van der Waals surface area contributed by atoms with E-state index in [0.717, 1.165) is 51.7 Å². The van der Waals surface area contributed by atoms with Crippen LogP contribution >= 0.6 is 0 Å². The molecule has 0 saturated heterocycles. The molecule has 3 aromatic carbocycles. The van der Waals surface area contributed by atoms with Crippen LogP contribution in [0.5, 0.6) is 5.75 Å². The minimum Gasteiger partial charge on any atom is -0.493 e. The maximum absolute atomic E-state index is 12.3. The Hall–Kier alpha value is -3.53. The summed E-state index contributed by atoms with van der Waals surface area (Å²) in [6.07, 6.45) is 14.2. The van der Waals surface area contributed by atoms with Crippen LogP contribution in [0.2, 0.25) is 0 Å². The van der Waals surface area contributed by atoms with Gasteiger partial charge in [0.1, 0.15) is 11.4 Å². The number of aromatic nitrogens is 1. The number of para-hydroxylation sites is 1. The molecule has 0 radical (unpaired) electrons. The standard InChI is InChI=1S/C34H37NO3/c36-34(37)33-30(20-10-22-38-31-21-8-14-24-13-4-5-16-26(24)31)29-19-9-18-28(32(29)35-33)27-17-7-6-15-25(27)23-11-2-1-3-12-23/h4-5,8-9,13-14,16-19,21,23,25,35H,1-3,6-7,10-12,15,20,22H2,(H,36,37)/t25-/m1/s1. The molecule has 1 atom stereocenters. The predicted molar refractivity (Wildman–Crippen MR) is 155 cm³/mol. The molecule has 0 amide bonds. The van der Waals surface area contributed by atoms with E-state index in [-0.39, 0.29) is 0 Å². The molecule has 2 aliphatic rings. The fourth-order valence-electron chi connectivity index (χ4n) is 6.95. The summed E-state index contributed by atoms with van der Waals surface area (Å²) in [4.78, 5) is 15.7. The minimum atomic E-state index is -0.890. The number of aromatic carboxylic acids is 1. The zero-order chi connectivity index (χ0) is 25.9. The van der Waals surface area contributed by atoms with Crippen LogP contribution in [0.4, 0.5) is 0 Å². The molecule has 2 N–H and O–H groups in total. The second kappa shape index (κ2) is 11.1. The van der Waals surface area contributed by atoms with E-state index in [0.29, 0.717) is 24.6 Å². The van der Waals surface area contributed by atoms with E-state index in [9.17, 15) is 9.90 Å². The van der Waals surface area contributed by atoms with Crippen LogP contribution in [0.3, 0.4) is 0 Å². The average molecular weight is 508 g/mol. The van der Waals surface area contributed by atoms with E-state index >= 15 is 0 Å². The van der Waals surface area contributed by atoms with Gasteiger partial charge in [0.2, 0.25) is 0 Å². The number of rotatable bonds is 8. The van der Waals surface area contributed by atoms with Gasteiger partial charge in [-0.2, -0.15) is 0 Å². The molecule has 4 aromatic rings. The molecule has 0 unspecified atom stereocenters. The van der Waals surface area contributed by atoms with Crippen molar-refractivity contribution in [1.82, 2.24) is 4.98 Å². The van der Waals surface area contributed by atoms with Crippen LogP contribution in [0.1, 0.15) is 79.4 Å². The van der Waals surface area contributed by atoms with Gasteiger partial charge in [-0.05, 0) is 79.4 Å². The normalized spacial score (nSPS) is 18.5. The summed E-state index contributed by atoms with van der Waals surface area (Å²) >= 11 is 0. The van der Waals surface area contributed by atoms with E-state index in [4.69, 9.17) is 4.74 Å². The second-order valence-electron chi connectivity index (χ2n) is 11.0. The van der Waals surface area contributed by atoms with Gasteiger partial charge in [0, 0.05) is 16.3 Å². The number of fused-ring (bicyclic) bond motifs is 2. The maximum atomic E-state index is 12.3. The summed E-state index contributed by atoms with van der Waals surface area (Å²) in [7, 11) is 0. The number of aryl methyl sites for hydroxylation is 1. The number of hydrogen-bond acceptors (Lipinski definition) is 2. The average Bonchev–Trinajstić information content (AvgIpc) is 3.35. The van der Waals surface area contributed by atoms with Crippen molar-refractivity contribution in [2.45, 2.75) is 64.2 Å². The molecule has 0 spiro atoms. The molecule has 1 fully saturated rings. The van der Waals surface area contributed by atoms with Crippen molar-refractivity contribution in [1.29, 1.82) is 0 Å². The van der Waals surface area contributed by atoms with Gasteiger partial charge < -0.3 is 14.8 Å². The molecule has 4 heteroatoms. The zero-order valence-electron chi connectivity index (χ0n) is 22.0. The van der Waals surface area contributed by atoms with Crippen molar-refractivity contribution in [3.63, 3.8) is 0 Å². The molecule has 2 aliphatic carbocycles. The molecular formula is C34H37NO3. The number of H-pyrrole nitrogens is 1. The van der Waals surface area contributed by atoms with Crippen LogP contribution in [0.15, 0.2) is 66.7 Å². The number of carboxylic acid groups (broad SMARTS) is 1. The molecule has 6 rings (SSSR count). The number of carboxylic acids is 1. The van der Waals surface area contributed by atoms with Gasteiger partial charge >= 0.3 is 5.97 Å². The topological polar surface area (TPSA) is 62.3 Å². The van der Waals surface area contributed by atoms with Crippen molar-refractivity contribution in [3.8, 4) is 5.75 Å². The van der Waals surface area contributed by atoms with Crippen LogP contribution in [-0.2, 0) is 6.42 Å². The Kier molecular flexibility index (Phi) is 7.22. The van der Waals surface area contributed by atoms with Crippen LogP contribution in [0, 0.1) is 11.8 Å². The lowest BCUT2D eigenvalue weighted by atomic mass is 9.70. The largest absolute Gasteiger partial charge is 0.493 e. The lowest BCUT2D eigenvalue weighted by Gasteiger charge is -2.34. The Bertz CT molecular complexity index is 1470. The van der Waals surface area contributed by atoms with Gasteiger partial charge in [0.15, 0.2) is 0 Å². The predicted octanol–water partition coefficient (Wildman–Crippen LogP) is 8.79. The lowest BCUT2D eigenvalue weighted by molar-refractivity contribution is 0.0690. The molecule has 0 aliphatic heterocycles. The third-order valence-electron chi connectivity index (χ3n) is 8.75. The van der Waals surface area contributed by atoms with E-state index in [1.54, 1.807) is 0 Å². The molecule has 38 heavy (non-hydrogen) atoms. The quantitative estimate of drug-likeness (QED) is 0.234. The number of ether oxygens (including phenoxy) is 1. The third kappa shape index (κ3) is 4.84. The van der Waals surface area contributed by atoms with Gasteiger partial charge in [-0.1, -0.05) is 79.9 Å². The molecule has 1 heterocycles. The van der Waals surface area contributed by atoms with E-state index in [1.807, 2.05) is 24.3 Å². The van der Waals surface area contributed by atoms with Crippen LogP contribution in [0.25, 0.3) is 27.2 Å². The molecule has 4 nitrogen and oxygen atoms in total. The molecule has 1 aromatic heterocycles. The Labute approximate surface area is 224 Å². The molecule has 1 saturated carbocycles. The highest BCUT2D eigenvalue weighted by Gasteiger charge is 2.30. The van der Waals surface area contributed by atoms with Crippen LogP contribution in [-0.4, -0.2) is 22.7 Å². The maximum Gasteiger partial charge on any atom is 0.352 e. The monoisotopic (exact) mass is 507 g/mol. The first-order valence-electron chi connectivity index (χ1n) is 14.4. The molecule has 196 valence electrons. The highest BCUT2D eigenvalue weighted by Crippen LogP contribution is 2.45. The summed E-state index contributed by atoms with van der Waals surface area (Å²) in [5.74, 6) is 1.33. The summed E-state index contributed by atoms with van der Waals surface area (Å²) in [5.41, 5.74) is 4.85. The fraction of sp³-hybridized carbons (Fsp3) is 0.382. The first-order chi connectivity index (χ1) is 18.7. The highest BCUT2D eigenvalue weighted by atomic mass is 16.5.